The molecule has 3 heteroatoms. The third-order valence-electron chi connectivity index (χ3n) is 2.41. The van der Waals surface area contributed by atoms with Gasteiger partial charge < -0.3 is 10.4 Å². The van der Waals surface area contributed by atoms with Crippen LogP contribution in [0.2, 0.25) is 0 Å². The van der Waals surface area contributed by atoms with E-state index in [-0.39, 0.29) is 6.10 Å². The minimum absolute atomic E-state index is 0.237. The molecule has 1 aromatic rings. The Morgan fingerprint density at radius 2 is 2.33 bits per heavy atom. The molecule has 0 radical (unpaired) electrons. The maximum absolute atomic E-state index is 9.51. The summed E-state index contributed by atoms with van der Waals surface area (Å²) in [5.74, 6) is 0. The molecule has 3 nitrogen and oxygen atoms in total. The third-order valence-corrected chi connectivity index (χ3v) is 2.41. The minimum Gasteiger partial charge on any atom is -0.392 e. The van der Waals surface area contributed by atoms with E-state index >= 15 is 0 Å². The maximum Gasteiger partial charge on any atom is 0.0664 e. The average molecular weight is 208 g/mol. The number of nitrogens with one attached hydrogen (secondary N) is 1. The first-order valence-electron chi connectivity index (χ1n) is 5.53. The minimum atomic E-state index is -0.237. The van der Waals surface area contributed by atoms with Crippen molar-refractivity contribution in [1.82, 2.24) is 10.3 Å². The zero-order valence-electron chi connectivity index (χ0n) is 9.53. The summed E-state index contributed by atoms with van der Waals surface area (Å²) < 4.78 is 0. The van der Waals surface area contributed by atoms with Crippen molar-refractivity contribution in [2.75, 3.05) is 6.54 Å². The van der Waals surface area contributed by atoms with Crippen LogP contribution >= 0.6 is 0 Å². The summed E-state index contributed by atoms with van der Waals surface area (Å²) in [6.45, 7) is 5.50. The van der Waals surface area contributed by atoms with Crippen molar-refractivity contribution in [2.24, 2.45) is 0 Å². The molecule has 0 aliphatic heterocycles. The van der Waals surface area contributed by atoms with Crippen LogP contribution in [0, 0.1) is 6.92 Å². The van der Waals surface area contributed by atoms with Crippen LogP contribution in [-0.2, 0) is 6.54 Å². The van der Waals surface area contributed by atoms with E-state index in [4.69, 9.17) is 0 Å². The van der Waals surface area contributed by atoms with E-state index < -0.39 is 0 Å². The first-order valence-corrected chi connectivity index (χ1v) is 5.53. The van der Waals surface area contributed by atoms with E-state index in [1.165, 1.54) is 5.56 Å². The van der Waals surface area contributed by atoms with Gasteiger partial charge in [0.2, 0.25) is 0 Å². The number of rotatable bonds is 6. The molecule has 0 spiro atoms. The van der Waals surface area contributed by atoms with Crippen molar-refractivity contribution in [3.63, 3.8) is 0 Å². The summed E-state index contributed by atoms with van der Waals surface area (Å²) in [4.78, 5) is 4.28. The Balaban J connectivity index is 2.29. The van der Waals surface area contributed by atoms with Crippen LogP contribution in [0.5, 0.6) is 0 Å². The van der Waals surface area contributed by atoms with Crippen LogP contribution in [0.3, 0.4) is 0 Å². The van der Waals surface area contributed by atoms with Crippen LogP contribution in [0.4, 0.5) is 0 Å². The lowest BCUT2D eigenvalue weighted by Crippen LogP contribution is -2.26. The van der Waals surface area contributed by atoms with E-state index in [0.29, 0.717) is 6.54 Å². The smallest absolute Gasteiger partial charge is 0.0664 e. The van der Waals surface area contributed by atoms with Gasteiger partial charge in [-0.2, -0.15) is 0 Å². The quantitative estimate of drug-likeness (QED) is 0.747. The second kappa shape index (κ2) is 6.53. The number of nitrogens with zero attached hydrogens (tertiary/aromatic N) is 1. The molecule has 0 aliphatic rings. The fourth-order valence-corrected chi connectivity index (χ4v) is 1.50. The van der Waals surface area contributed by atoms with E-state index in [9.17, 15) is 5.11 Å². The fourth-order valence-electron chi connectivity index (χ4n) is 1.50. The molecule has 1 rings (SSSR count). The first kappa shape index (κ1) is 12.1. The monoisotopic (exact) mass is 208 g/mol. The predicted octanol–water partition coefficient (Wildman–Crippen LogP) is 1.64. The number of hydrogen-bond donors (Lipinski definition) is 2. The third kappa shape index (κ3) is 4.40. The lowest BCUT2D eigenvalue weighted by Gasteiger charge is -2.11. The van der Waals surface area contributed by atoms with Gasteiger partial charge in [0.25, 0.3) is 0 Å². The summed E-state index contributed by atoms with van der Waals surface area (Å²) in [5.41, 5.74) is 2.25. The second-order valence-corrected chi connectivity index (χ2v) is 3.84. The van der Waals surface area contributed by atoms with E-state index in [1.54, 1.807) is 6.20 Å². The van der Waals surface area contributed by atoms with Crippen molar-refractivity contribution in [3.8, 4) is 0 Å². The number of pyridine rings is 1. The average Bonchev–Trinajstić information content (AvgIpc) is 2.21. The molecule has 1 atom stereocenters. The van der Waals surface area contributed by atoms with Gasteiger partial charge in [0.05, 0.1) is 11.8 Å². The lowest BCUT2D eigenvalue weighted by molar-refractivity contribution is 0.160. The predicted molar refractivity (Wildman–Crippen MR) is 61.6 cm³/mol. The van der Waals surface area contributed by atoms with Gasteiger partial charge in [-0.1, -0.05) is 19.4 Å². The molecule has 0 bridgehead atoms. The molecule has 0 amide bonds. The Morgan fingerprint density at radius 3 is 3.00 bits per heavy atom. The zero-order valence-corrected chi connectivity index (χ0v) is 9.53. The summed E-state index contributed by atoms with van der Waals surface area (Å²) >= 11 is 0. The van der Waals surface area contributed by atoms with E-state index in [0.717, 1.165) is 25.1 Å². The van der Waals surface area contributed by atoms with Crippen molar-refractivity contribution in [2.45, 2.75) is 39.3 Å². The summed E-state index contributed by atoms with van der Waals surface area (Å²) in [6, 6.07) is 3.98. The van der Waals surface area contributed by atoms with Gasteiger partial charge in [-0.05, 0) is 25.0 Å². The number of aromatic nitrogens is 1. The Bertz CT molecular complexity index is 289. The molecular formula is C12H20N2O. The second-order valence-electron chi connectivity index (χ2n) is 3.84. The first-order chi connectivity index (χ1) is 7.24. The highest BCUT2D eigenvalue weighted by molar-refractivity contribution is 5.17. The Labute approximate surface area is 91.5 Å². The van der Waals surface area contributed by atoms with Gasteiger partial charge >= 0.3 is 0 Å². The Hall–Kier alpha value is -0.930. The van der Waals surface area contributed by atoms with Gasteiger partial charge in [0, 0.05) is 19.3 Å². The molecule has 1 heterocycles. The molecule has 15 heavy (non-hydrogen) atoms. The van der Waals surface area contributed by atoms with Crippen molar-refractivity contribution >= 4 is 0 Å². The molecule has 1 unspecified atom stereocenters. The van der Waals surface area contributed by atoms with Gasteiger partial charge in [0.1, 0.15) is 0 Å². The van der Waals surface area contributed by atoms with Crippen molar-refractivity contribution < 1.29 is 5.11 Å². The Kier molecular flexibility index (Phi) is 5.29. The highest BCUT2D eigenvalue weighted by atomic mass is 16.3. The number of aliphatic hydroxyl groups excluding tert-OH is 1. The van der Waals surface area contributed by atoms with Crippen LogP contribution in [0.25, 0.3) is 0 Å². The largest absolute Gasteiger partial charge is 0.392 e. The molecule has 0 saturated carbocycles. The van der Waals surface area contributed by atoms with E-state index in [1.807, 2.05) is 19.1 Å². The van der Waals surface area contributed by atoms with Crippen molar-refractivity contribution in [3.05, 3.63) is 29.6 Å². The van der Waals surface area contributed by atoms with Crippen LogP contribution in [0.15, 0.2) is 18.3 Å². The van der Waals surface area contributed by atoms with Gasteiger partial charge in [-0.3, -0.25) is 4.98 Å². The molecule has 2 N–H and O–H groups in total. The SMILES string of the molecule is CCCC(O)CNCc1ncccc1C. The van der Waals surface area contributed by atoms with Gasteiger partial charge in [0.15, 0.2) is 0 Å². The molecule has 1 aromatic heterocycles. The molecule has 0 aromatic carbocycles. The van der Waals surface area contributed by atoms with Gasteiger partial charge in [-0.25, -0.2) is 0 Å². The highest BCUT2D eigenvalue weighted by Crippen LogP contribution is 2.02. The maximum atomic E-state index is 9.51. The standard InChI is InChI=1S/C12H20N2O/c1-3-5-11(15)8-13-9-12-10(2)6-4-7-14-12/h4,6-7,11,13,15H,3,5,8-9H2,1-2H3. The normalized spacial score (nSPS) is 12.7. The number of aliphatic hydroxyl groups is 1. The molecular weight excluding hydrogens is 188 g/mol. The zero-order chi connectivity index (χ0) is 11.1. The fraction of sp³-hybridized carbons (Fsp3) is 0.583. The summed E-state index contributed by atoms with van der Waals surface area (Å²) in [7, 11) is 0. The molecule has 84 valence electrons. The lowest BCUT2D eigenvalue weighted by atomic mass is 10.2. The van der Waals surface area contributed by atoms with Crippen molar-refractivity contribution in [1.29, 1.82) is 0 Å². The highest BCUT2D eigenvalue weighted by Gasteiger charge is 2.02. The van der Waals surface area contributed by atoms with E-state index in [2.05, 4.69) is 17.2 Å². The molecule has 0 saturated heterocycles. The van der Waals surface area contributed by atoms with Crippen LogP contribution in [0.1, 0.15) is 31.0 Å². The van der Waals surface area contributed by atoms with Crippen LogP contribution in [-0.4, -0.2) is 22.7 Å². The number of hydrogen-bond acceptors (Lipinski definition) is 3. The summed E-state index contributed by atoms with van der Waals surface area (Å²) in [6.07, 6.45) is 3.44. The summed E-state index contributed by atoms with van der Waals surface area (Å²) in [5, 5.41) is 12.7. The topological polar surface area (TPSA) is 45.1 Å². The van der Waals surface area contributed by atoms with Crippen LogP contribution < -0.4 is 5.32 Å². The Morgan fingerprint density at radius 1 is 1.53 bits per heavy atom. The van der Waals surface area contributed by atoms with Gasteiger partial charge in [-0.15, -0.1) is 0 Å². The molecule has 0 fully saturated rings. The molecule has 0 aliphatic carbocycles. The number of aryl methyl sites for hydroxylation is 1.